The van der Waals surface area contributed by atoms with Crippen molar-refractivity contribution in [1.82, 2.24) is 0 Å². The van der Waals surface area contributed by atoms with Gasteiger partial charge in [-0.15, -0.1) is 0 Å². The second kappa shape index (κ2) is 3.63. The number of para-hydroxylation sites is 1. The molecule has 2 aliphatic rings. The number of benzene rings is 1. The molecule has 0 radical (unpaired) electrons. The minimum absolute atomic E-state index is 0.376. The molecule has 0 heterocycles. The van der Waals surface area contributed by atoms with Crippen LogP contribution in [0.1, 0.15) is 19.3 Å². The maximum absolute atomic E-state index is 11.4. The van der Waals surface area contributed by atoms with Gasteiger partial charge in [0.15, 0.2) is 0 Å². The molecule has 4 heteroatoms. The largest absolute Gasteiger partial charge is 0.305 e. The fourth-order valence-electron chi connectivity index (χ4n) is 2.73. The van der Waals surface area contributed by atoms with E-state index in [1.54, 1.807) is 4.90 Å². The van der Waals surface area contributed by atoms with Crippen molar-refractivity contribution in [3.63, 3.8) is 0 Å². The summed E-state index contributed by atoms with van der Waals surface area (Å²) in [5.74, 6) is 0.447. The molecular formula is C13H13Cl2NO. The predicted octanol–water partition coefficient (Wildman–Crippen LogP) is 3.38. The Morgan fingerprint density at radius 2 is 1.82 bits per heavy atom. The lowest BCUT2D eigenvalue weighted by Crippen LogP contribution is -2.42. The zero-order valence-corrected chi connectivity index (χ0v) is 10.8. The van der Waals surface area contributed by atoms with E-state index in [1.165, 1.54) is 0 Å². The highest BCUT2D eigenvalue weighted by Crippen LogP contribution is 2.69. The Labute approximate surface area is 111 Å². The third kappa shape index (κ3) is 1.58. The van der Waals surface area contributed by atoms with Crippen molar-refractivity contribution < 1.29 is 4.79 Å². The lowest BCUT2D eigenvalue weighted by molar-refractivity contribution is -0.108. The highest BCUT2D eigenvalue weighted by Gasteiger charge is 2.75. The fraction of sp³-hybridized carbons (Fsp3) is 0.462. The van der Waals surface area contributed by atoms with Gasteiger partial charge < -0.3 is 4.90 Å². The quantitative estimate of drug-likeness (QED) is 0.606. The molecule has 2 fully saturated rings. The smallest absolute Gasteiger partial charge is 0.214 e. The van der Waals surface area contributed by atoms with Gasteiger partial charge in [0.1, 0.15) is 4.33 Å². The standard InChI is InChI=1S/C13H13Cl2NO/c14-13(15)8-12(13,10-6-7-10)16(9-17)11-4-2-1-3-5-11/h1-5,9-10H,6-8H2. The molecule has 90 valence electrons. The molecule has 0 saturated heterocycles. The molecule has 0 N–H and O–H groups in total. The van der Waals surface area contributed by atoms with Gasteiger partial charge in [-0.25, -0.2) is 0 Å². The SMILES string of the molecule is O=CN(c1ccccc1)C1(C2CC2)CC1(Cl)Cl. The summed E-state index contributed by atoms with van der Waals surface area (Å²) in [6, 6.07) is 9.59. The van der Waals surface area contributed by atoms with Crippen molar-refractivity contribution in [2.75, 3.05) is 4.90 Å². The maximum atomic E-state index is 11.4. The predicted molar refractivity (Wildman–Crippen MR) is 69.5 cm³/mol. The number of nitrogens with zero attached hydrogens (tertiary/aromatic N) is 1. The minimum atomic E-state index is -0.787. The first-order valence-corrected chi connectivity index (χ1v) is 6.55. The molecule has 1 aromatic carbocycles. The van der Waals surface area contributed by atoms with Crippen molar-refractivity contribution in [2.45, 2.75) is 29.1 Å². The number of carbonyl (C=O) groups is 1. The van der Waals surface area contributed by atoms with E-state index in [9.17, 15) is 4.79 Å². The molecule has 2 nitrogen and oxygen atoms in total. The minimum Gasteiger partial charge on any atom is -0.305 e. The maximum Gasteiger partial charge on any atom is 0.214 e. The fourth-order valence-corrected chi connectivity index (χ4v) is 3.63. The zero-order chi connectivity index (χ0) is 12.1. The van der Waals surface area contributed by atoms with Gasteiger partial charge in [0.05, 0.1) is 5.54 Å². The van der Waals surface area contributed by atoms with Crippen LogP contribution in [0.5, 0.6) is 0 Å². The van der Waals surface area contributed by atoms with E-state index in [0.717, 1.165) is 24.9 Å². The summed E-state index contributed by atoms with van der Waals surface area (Å²) in [5.41, 5.74) is 0.497. The number of rotatable bonds is 4. The summed E-state index contributed by atoms with van der Waals surface area (Å²) in [4.78, 5) is 13.1. The molecule has 3 rings (SSSR count). The molecule has 0 aromatic heterocycles. The monoisotopic (exact) mass is 269 g/mol. The second-order valence-electron chi connectivity index (χ2n) is 4.89. The Kier molecular flexibility index (Phi) is 2.43. The molecular weight excluding hydrogens is 257 g/mol. The summed E-state index contributed by atoms with van der Waals surface area (Å²) in [7, 11) is 0. The van der Waals surface area contributed by atoms with Crippen molar-refractivity contribution in [3.8, 4) is 0 Å². The highest BCUT2D eigenvalue weighted by molar-refractivity contribution is 6.52. The van der Waals surface area contributed by atoms with E-state index >= 15 is 0 Å². The summed E-state index contributed by atoms with van der Waals surface area (Å²) >= 11 is 12.6. The van der Waals surface area contributed by atoms with Crippen LogP contribution in [-0.2, 0) is 4.79 Å². The Hall–Kier alpha value is -0.730. The van der Waals surface area contributed by atoms with Gasteiger partial charge >= 0.3 is 0 Å². The first-order chi connectivity index (χ1) is 8.12. The first-order valence-electron chi connectivity index (χ1n) is 5.79. The summed E-state index contributed by atoms with van der Waals surface area (Å²) in [5, 5.41) is 0. The van der Waals surface area contributed by atoms with Crippen molar-refractivity contribution in [3.05, 3.63) is 30.3 Å². The van der Waals surface area contributed by atoms with Crippen molar-refractivity contribution in [2.24, 2.45) is 5.92 Å². The molecule has 1 atom stereocenters. The van der Waals surface area contributed by atoms with Gasteiger partial charge in [-0.3, -0.25) is 4.79 Å². The molecule has 1 amide bonds. The summed E-state index contributed by atoms with van der Waals surface area (Å²) in [6.45, 7) is 0. The third-order valence-electron chi connectivity index (χ3n) is 3.82. The van der Waals surface area contributed by atoms with Crippen molar-refractivity contribution in [1.29, 1.82) is 0 Å². The molecule has 1 unspecified atom stereocenters. The number of halogens is 2. The number of hydrogen-bond acceptors (Lipinski definition) is 1. The summed E-state index contributed by atoms with van der Waals surface area (Å²) < 4.78 is -0.787. The average Bonchev–Trinajstić information content (AvgIpc) is 3.19. The average molecular weight is 270 g/mol. The van der Waals surface area contributed by atoms with Crippen LogP contribution < -0.4 is 4.90 Å². The summed E-state index contributed by atoms with van der Waals surface area (Å²) in [6.07, 6.45) is 3.75. The lowest BCUT2D eigenvalue weighted by atomic mass is 10.1. The van der Waals surface area contributed by atoms with Gasteiger partial charge in [-0.1, -0.05) is 41.4 Å². The highest BCUT2D eigenvalue weighted by atomic mass is 35.5. The van der Waals surface area contributed by atoms with Crippen LogP contribution in [0.15, 0.2) is 30.3 Å². The van der Waals surface area contributed by atoms with Gasteiger partial charge in [0.25, 0.3) is 0 Å². The van der Waals surface area contributed by atoms with Crippen LogP contribution in [0.3, 0.4) is 0 Å². The van der Waals surface area contributed by atoms with E-state index in [-0.39, 0.29) is 5.54 Å². The number of amides is 1. The molecule has 0 bridgehead atoms. The van der Waals surface area contributed by atoms with Crippen LogP contribution in [0.4, 0.5) is 5.69 Å². The van der Waals surface area contributed by atoms with Gasteiger partial charge in [-0.2, -0.15) is 0 Å². The Morgan fingerprint density at radius 3 is 2.24 bits per heavy atom. The molecule has 2 saturated carbocycles. The Balaban J connectivity index is 1.98. The Bertz CT molecular complexity index is 444. The number of anilines is 1. The van der Waals surface area contributed by atoms with Gasteiger partial charge in [0.2, 0.25) is 6.41 Å². The normalized spacial score (nSPS) is 29.8. The lowest BCUT2D eigenvalue weighted by Gasteiger charge is -2.30. The van der Waals surface area contributed by atoms with E-state index in [1.807, 2.05) is 30.3 Å². The van der Waals surface area contributed by atoms with Gasteiger partial charge in [-0.05, 0) is 30.9 Å². The second-order valence-corrected chi connectivity index (χ2v) is 6.37. The van der Waals surface area contributed by atoms with E-state index in [2.05, 4.69) is 0 Å². The Morgan fingerprint density at radius 1 is 1.24 bits per heavy atom. The molecule has 0 spiro atoms. The van der Waals surface area contributed by atoms with Crippen LogP contribution in [-0.4, -0.2) is 16.3 Å². The first kappa shape index (κ1) is 11.4. The molecule has 0 aliphatic heterocycles. The van der Waals surface area contributed by atoms with Crippen LogP contribution in [0, 0.1) is 5.92 Å². The molecule has 1 aromatic rings. The molecule has 2 aliphatic carbocycles. The number of carbonyl (C=O) groups excluding carboxylic acids is 1. The number of hydrogen-bond donors (Lipinski definition) is 0. The third-order valence-corrected chi connectivity index (χ3v) is 4.74. The van der Waals surface area contributed by atoms with E-state index in [0.29, 0.717) is 12.3 Å². The number of alkyl halides is 2. The van der Waals surface area contributed by atoms with Crippen LogP contribution in [0.2, 0.25) is 0 Å². The van der Waals surface area contributed by atoms with E-state index in [4.69, 9.17) is 23.2 Å². The van der Waals surface area contributed by atoms with E-state index < -0.39 is 4.33 Å². The van der Waals surface area contributed by atoms with Crippen molar-refractivity contribution >= 4 is 35.3 Å². The molecule has 17 heavy (non-hydrogen) atoms. The topological polar surface area (TPSA) is 20.3 Å². The zero-order valence-electron chi connectivity index (χ0n) is 9.27. The van der Waals surface area contributed by atoms with Gasteiger partial charge in [0, 0.05) is 12.1 Å². The van der Waals surface area contributed by atoms with Crippen LogP contribution >= 0.6 is 23.2 Å². The van der Waals surface area contributed by atoms with Crippen LogP contribution in [0.25, 0.3) is 0 Å².